The second-order valence-corrected chi connectivity index (χ2v) is 5.56. The molecule has 4 heteroatoms. The van der Waals surface area contributed by atoms with Gasteiger partial charge in [-0.15, -0.1) is 0 Å². The molecule has 0 bridgehead atoms. The molecule has 0 radical (unpaired) electrons. The monoisotopic (exact) mass is 248 g/mol. The van der Waals surface area contributed by atoms with Crippen molar-refractivity contribution in [2.45, 2.75) is 26.4 Å². The first-order valence-corrected chi connectivity index (χ1v) is 6.19. The third-order valence-electron chi connectivity index (χ3n) is 3.44. The summed E-state index contributed by atoms with van der Waals surface area (Å²) in [7, 11) is 1.87. The van der Waals surface area contributed by atoms with E-state index in [0.29, 0.717) is 6.42 Å². The molecule has 1 heterocycles. The number of amides is 1. The third kappa shape index (κ3) is 2.40. The van der Waals surface area contributed by atoms with Gasteiger partial charge in [0.15, 0.2) is 0 Å². The summed E-state index contributed by atoms with van der Waals surface area (Å²) in [6.45, 7) is 4.76. The van der Waals surface area contributed by atoms with Crippen LogP contribution in [0.2, 0.25) is 0 Å². The number of hydrogen-bond acceptors (Lipinski definition) is 3. The van der Waals surface area contributed by atoms with Crippen molar-refractivity contribution >= 4 is 11.6 Å². The SMILES string of the molecule is CNCC(C)(C)C(O)c1ccc2c(c1)CC(=O)N2. The molecule has 1 aromatic rings. The maximum atomic E-state index is 11.3. The molecule has 4 nitrogen and oxygen atoms in total. The minimum atomic E-state index is -0.550. The summed E-state index contributed by atoms with van der Waals surface area (Å²) >= 11 is 0. The highest BCUT2D eigenvalue weighted by Crippen LogP contribution is 2.35. The Morgan fingerprint density at radius 3 is 2.89 bits per heavy atom. The quantitative estimate of drug-likeness (QED) is 0.756. The van der Waals surface area contributed by atoms with Crippen LogP contribution >= 0.6 is 0 Å². The van der Waals surface area contributed by atoms with Crippen LogP contribution in [0.5, 0.6) is 0 Å². The van der Waals surface area contributed by atoms with Gasteiger partial charge in [-0.05, 0) is 24.2 Å². The summed E-state index contributed by atoms with van der Waals surface area (Å²) in [5, 5.41) is 16.3. The Balaban J connectivity index is 2.25. The molecule has 0 fully saturated rings. The van der Waals surface area contributed by atoms with Gasteiger partial charge in [0.1, 0.15) is 0 Å². The number of carbonyl (C=O) groups is 1. The van der Waals surface area contributed by atoms with Crippen molar-refractivity contribution in [3.05, 3.63) is 29.3 Å². The molecule has 0 spiro atoms. The number of hydrogen-bond donors (Lipinski definition) is 3. The average Bonchev–Trinajstić information content (AvgIpc) is 2.66. The van der Waals surface area contributed by atoms with E-state index in [1.807, 2.05) is 39.1 Å². The maximum Gasteiger partial charge on any atom is 0.228 e. The van der Waals surface area contributed by atoms with E-state index in [9.17, 15) is 9.90 Å². The second kappa shape index (κ2) is 4.71. The van der Waals surface area contributed by atoms with Gasteiger partial charge in [0.25, 0.3) is 0 Å². The topological polar surface area (TPSA) is 61.4 Å². The normalized spacial score (nSPS) is 16.3. The van der Waals surface area contributed by atoms with Crippen molar-refractivity contribution in [2.75, 3.05) is 18.9 Å². The highest BCUT2D eigenvalue weighted by atomic mass is 16.3. The molecule has 98 valence electrons. The second-order valence-electron chi connectivity index (χ2n) is 5.56. The minimum absolute atomic E-state index is 0.0196. The van der Waals surface area contributed by atoms with E-state index in [0.717, 1.165) is 23.4 Å². The summed E-state index contributed by atoms with van der Waals surface area (Å²) in [4.78, 5) is 11.3. The summed E-state index contributed by atoms with van der Waals surface area (Å²) in [5.41, 5.74) is 2.45. The molecule has 2 rings (SSSR count). The lowest BCUT2D eigenvalue weighted by molar-refractivity contribution is -0.115. The fraction of sp³-hybridized carbons (Fsp3) is 0.500. The van der Waals surface area contributed by atoms with E-state index < -0.39 is 6.10 Å². The van der Waals surface area contributed by atoms with E-state index >= 15 is 0 Å². The van der Waals surface area contributed by atoms with E-state index in [1.165, 1.54) is 0 Å². The Morgan fingerprint density at radius 1 is 1.50 bits per heavy atom. The fourth-order valence-corrected chi connectivity index (χ4v) is 2.42. The predicted octanol–water partition coefficient (Wildman–Crippen LogP) is 1.46. The molecule has 1 amide bonds. The van der Waals surface area contributed by atoms with Crippen molar-refractivity contribution in [1.82, 2.24) is 5.32 Å². The van der Waals surface area contributed by atoms with Crippen LogP contribution in [0.4, 0.5) is 5.69 Å². The zero-order valence-corrected chi connectivity index (χ0v) is 11.1. The molecule has 1 aliphatic heterocycles. The van der Waals surface area contributed by atoms with Crippen molar-refractivity contribution in [3.8, 4) is 0 Å². The molecule has 1 aliphatic rings. The van der Waals surface area contributed by atoms with Gasteiger partial charge in [-0.2, -0.15) is 0 Å². The number of aliphatic hydroxyl groups excluding tert-OH is 1. The molecule has 1 aromatic carbocycles. The Hall–Kier alpha value is -1.39. The first-order valence-electron chi connectivity index (χ1n) is 6.19. The molecule has 0 aromatic heterocycles. The van der Waals surface area contributed by atoms with Crippen LogP contribution in [0, 0.1) is 5.41 Å². The summed E-state index contributed by atoms with van der Waals surface area (Å²) in [5.74, 6) is 0.0196. The van der Waals surface area contributed by atoms with E-state index in [2.05, 4.69) is 10.6 Å². The Bertz CT molecular complexity index is 469. The number of carbonyl (C=O) groups excluding carboxylic acids is 1. The average molecular weight is 248 g/mol. The minimum Gasteiger partial charge on any atom is -0.388 e. The predicted molar refractivity (Wildman–Crippen MR) is 71.4 cm³/mol. The standard InChI is InChI=1S/C14H20N2O2/c1-14(2,8-15-3)13(18)9-4-5-11-10(6-9)7-12(17)16-11/h4-6,13,15,18H,7-8H2,1-3H3,(H,16,17). The largest absolute Gasteiger partial charge is 0.388 e. The summed E-state index contributed by atoms with van der Waals surface area (Å²) in [6, 6.07) is 5.68. The number of nitrogens with one attached hydrogen (secondary N) is 2. The lowest BCUT2D eigenvalue weighted by atomic mass is 9.82. The number of fused-ring (bicyclic) bond motifs is 1. The first kappa shape index (κ1) is 13.1. The van der Waals surface area contributed by atoms with Gasteiger partial charge in [-0.3, -0.25) is 4.79 Å². The van der Waals surface area contributed by atoms with E-state index in [-0.39, 0.29) is 11.3 Å². The molecule has 0 saturated carbocycles. The molecule has 18 heavy (non-hydrogen) atoms. The van der Waals surface area contributed by atoms with Crippen LogP contribution < -0.4 is 10.6 Å². The Morgan fingerprint density at radius 2 is 2.22 bits per heavy atom. The van der Waals surface area contributed by atoms with Crippen LogP contribution in [0.1, 0.15) is 31.1 Å². The highest BCUT2D eigenvalue weighted by Gasteiger charge is 2.29. The summed E-state index contributed by atoms with van der Waals surface area (Å²) < 4.78 is 0. The lowest BCUT2D eigenvalue weighted by Gasteiger charge is -2.30. The van der Waals surface area contributed by atoms with Crippen molar-refractivity contribution in [2.24, 2.45) is 5.41 Å². The summed E-state index contributed by atoms with van der Waals surface area (Å²) in [6.07, 6.45) is -0.145. The van der Waals surface area contributed by atoms with E-state index in [1.54, 1.807) is 0 Å². The number of benzene rings is 1. The van der Waals surface area contributed by atoms with Gasteiger partial charge in [-0.25, -0.2) is 0 Å². The van der Waals surface area contributed by atoms with Crippen molar-refractivity contribution < 1.29 is 9.90 Å². The van der Waals surface area contributed by atoms with Crippen LogP contribution in [-0.4, -0.2) is 24.6 Å². The Kier molecular flexibility index (Phi) is 3.41. The van der Waals surface area contributed by atoms with Gasteiger partial charge >= 0.3 is 0 Å². The molecule has 0 saturated heterocycles. The third-order valence-corrected chi connectivity index (χ3v) is 3.44. The van der Waals surface area contributed by atoms with Crippen LogP contribution in [0.15, 0.2) is 18.2 Å². The van der Waals surface area contributed by atoms with E-state index in [4.69, 9.17) is 0 Å². The fourth-order valence-electron chi connectivity index (χ4n) is 2.42. The molecule has 3 N–H and O–H groups in total. The smallest absolute Gasteiger partial charge is 0.228 e. The van der Waals surface area contributed by atoms with Crippen LogP contribution in [-0.2, 0) is 11.2 Å². The molecule has 1 atom stereocenters. The number of rotatable bonds is 4. The molecule has 0 aliphatic carbocycles. The lowest BCUT2D eigenvalue weighted by Crippen LogP contribution is -2.32. The van der Waals surface area contributed by atoms with Gasteiger partial charge < -0.3 is 15.7 Å². The zero-order chi connectivity index (χ0) is 13.3. The highest BCUT2D eigenvalue weighted by molar-refractivity contribution is 5.99. The van der Waals surface area contributed by atoms with Crippen LogP contribution in [0.25, 0.3) is 0 Å². The molecule has 1 unspecified atom stereocenters. The van der Waals surface area contributed by atoms with Gasteiger partial charge in [-0.1, -0.05) is 26.0 Å². The van der Waals surface area contributed by atoms with Gasteiger partial charge in [0, 0.05) is 17.6 Å². The molecular weight excluding hydrogens is 228 g/mol. The number of anilines is 1. The van der Waals surface area contributed by atoms with Gasteiger partial charge in [0.05, 0.1) is 12.5 Å². The first-order chi connectivity index (χ1) is 8.44. The van der Waals surface area contributed by atoms with Crippen molar-refractivity contribution in [1.29, 1.82) is 0 Å². The maximum absolute atomic E-state index is 11.3. The van der Waals surface area contributed by atoms with Gasteiger partial charge in [0.2, 0.25) is 5.91 Å². The van der Waals surface area contributed by atoms with Crippen molar-refractivity contribution in [3.63, 3.8) is 0 Å². The Labute approximate surface area is 107 Å². The van der Waals surface area contributed by atoms with Crippen LogP contribution in [0.3, 0.4) is 0 Å². The number of aliphatic hydroxyl groups is 1. The zero-order valence-electron chi connectivity index (χ0n) is 11.1. The molecular formula is C14H20N2O2.